The van der Waals surface area contributed by atoms with Crippen LogP contribution in [0.5, 0.6) is 0 Å². The van der Waals surface area contributed by atoms with E-state index in [4.69, 9.17) is 15.5 Å². The Morgan fingerprint density at radius 1 is 1.09 bits per heavy atom. The maximum Gasteiger partial charge on any atom is 0.469 e. The molecule has 8 N–H and O–H groups in total. The van der Waals surface area contributed by atoms with E-state index in [0.29, 0.717) is 5.69 Å². The van der Waals surface area contributed by atoms with Crippen LogP contribution in [0.4, 0.5) is 5.69 Å². The molecule has 0 aliphatic heterocycles. The van der Waals surface area contributed by atoms with Crippen molar-refractivity contribution >= 4 is 19.3 Å². The van der Waals surface area contributed by atoms with Crippen molar-refractivity contribution in [1.82, 2.24) is 0 Å². The van der Waals surface area contributed by atoms with Crippen molar-refractivity contribution in [3.8, 4) is 0 Å². The third-order valence-corrected chi connectivity index (χ3v) is 3.43. The molecule has 0 saturated carbocycles. The fraction of sp³-hybridized carbons (Fsp3) is 0.417. The van der Waals surface area contributed by atoms with Gasteiger partial charge in [-0.15, -0.1) is 0 Å². The summed E-state index contributed by atoms with van der Waals surface area (Å²) in [6, 6.07) is 5.39. The molecule has 0 unspecified atom stereocenters. The average Bonchev–Trinajstić information content (AvgIpc) is 2.49. The zero-order chi connectivity index (χ0) is 17.8. The van der Waals surface area contributed by atoms with E-state index in [-0.39, 0.29) is 5.56 Å². The number of aliphatic hydroxyl groups excluding tert-OH is 4. The molecule has 11 heteroatoms. The van der Waals surface area contributed by atoms with E-state index in [9.17, 15) is 29.8 Å². The van der Waals surface area contributed by atoms with Gasteiger partial charge in [0.1, 0.15) is 24.4 Å². The van der Waals surface area contributed by atoms with Gasteiger partial charge in [-0.2, -0.15) is 0 Å². The van der Waals surface area contributed by atoms with Crippen LogP contribution in [-0.4, -0.2) is 67.0 Å². The minimum atomic E-state index is -4.88. The van der Waals surface area contributed by atoms with Crippen LogP contribution >= 0.6 is 7.82 Å². The van der Waals surface area contributed by atoms with Gasteiger partial charge in [-0.25, -0.2) is 4.57 Å². The second-order valence-corrected chi connectivity index (χ2v) is 6.01. The molecule has 0 aliphatic carbocycles. The molecule has 0 fully saturated rings. The second-order valence-electron chi connectivity index (χ2n) is 4.77. The van der Waals surface area contributed by atoms with Crippen LogP contribution in [0.1, 0.15) is 10.4 Å². The highest BCUT2D eigenvalue weighted by molar-refractivity contribution is 7.46. The van der Waals surface area contributed by atoms with E-state index >= 15 is 0 Å². The molecular formula is C12H18NO9P. The Hall–Kier alpha value is -1.36. The summed E-state index contributed by atoms with van der Waals surface area (Å²) < 4.78 is 14.5. The first-order chi connectivity index (χ1) is 10.5. The topological polar surface area (TPSA) is 191 Å². The van der Waals surface area contributed by atoms with Crippen molar-refractivity contribution in [2.24, 2.45) is 0 Å². The number of nitrogens with two attached hydrogens (primary N) is 1. The normalized spacial score (nSPS) is 17.3. The molecule has 10 nitrogen and oxygen atoms in total. The van der Waals surface area contributed by atoms with E-state index in [2.05, 4.69) is 4.52 Å². The van der Waals surface area contributed by atoms with Gasteiger partial charge in [-0.05, 0) is 24.3 Å². The quantitative estimate of drug-likeness (QED) is 0.157. The molecule has 0 heterocycles. The minimum absolute atomic E-state index is 0.0129. The maximum atomic E-state index is 11.9. The predicted molar refractivity (Wildman–Crippen MR) is 77.2 cm³/mol. The lowest BCUT2D eigenvalue weighted by Crippen LogP contribution is -2.48. The number of hydrogen-bond donors (Lipinski definition) is 7. The highest BCUT2D eigenvalue weighted by Gasteiger charge is 2.35. The number of Topliss-reactive ketones (excluding diaryl/α,β-unsaturated/α-hetero) is 1. The molecule has 0 spiro atoms. The minimum Gasteiger partial charge on any atom is -0.399 e. The lowest BCUT2D eigenvalue weighted by atomic mass is 9.96. The Morgan fingerprint density at radius 3 is 2.09 bits per heavy atom. The summed E-state index contributed by atoms with van der Waals surface area (Å²) >= 11 is 0. The van der Waals surface area contributed by atoms with Crippen molar-refractivity contribution in [3.05, 3.63) is 29.8 Å². The number of anilines is 1. The lowest BCUT2D eigenvalue weighted by Gasteiger charge is -2.25. The summed E-state index contributed by atoms with van der Waals surface area (Å²) in [5.41, 5.74) is 5.83. The summed E-state index contributed by atoms with van der Waals surface area (Å²) in [6.07, 6.45) is -8.19. The van der Waals surface area contributed by atoms with Crippen molar-refractivity contribution in [1.29, 1.82) is 0 Å². The first-order valence-corrected chi connectivity index (χ1v) is 7.88. The van der Waals surface area contributed by atoms with Gasteiger partial charge in [0.05, 0.1) is 6.61 Å². The Bertz CT molecular complexity index is 572. The van der Waals surface area contributed by atoms with E-state index in [0.717, 1.165) is 0 Å². The number of aliphatic hydroxyl groups is 4. The van der Waals surface area contributed by atoms with E-state index in [1.54, 1.807) is 0 Å². The summed E-state index contributed by atoms with van der Waals surface area (Å²) in [6.45, 7) is -1.01. The third-order valence-electron chi connectivity index (χ3n) is 2.94. The molecule has 1 aromatic carbocycles. The fourth-order valence-electron chi connectivity index (χ4n) is 1.66. The Kier molecular flexibility index (Phi) is 6.81. The van der Waals surface area contributed by atoms with Gasteiger partial charge in [0.25, 0.3) is 0 Å². The van der Waals surface area contributed by atoms with Gasteiger partial charge < -0.3 is 35.9 Å². The zero-order valence-electron chi connectivity index (χ0n) is 11.8. The molecular weight excluding hydrogens is 333 g/mol. The van der Waals surface area contributed by atoms with E-state index in [1.165, 1.54) is 24.3 Å². The Balaban J connectivity index is 2.70. The van der Waals surface area contributed by atoms with Crippen LogP contribution in [0.15, 0.2) is 24.3 Å². The largest absolute Gasteiger partial charge is 0.469 e. The molecule has 23 heavy (non-hydrogen) atoms. The van der Waals surface area contributed by atoms with Crippen molar-refractivity contribution in [2.45, 2.75) is 24.4 Å². The molecule has 0 bridgehead atoms. The van der Waals surface area contributed by atoms with Crippen molar-refractivity contribution in [2.75, 3.05) is 12.3 Å². The van der Waals surface area contributed by atoms with Gasteiger partial charge >= 0.3 is 7.82 Å². The standard InChI is InChI=1S/C12H18NO9P/c13-7-3-1-6(2-4-7)9(15)11(17)12(18)10(16)8(14)5-22-23(19,20)21/h1-4,8,10-12,14,16-18H,5,13H2,(H2,19,20,21)/t8-,10-,11-,12+/m1/s1. The number of hydrogen-bond acceptors (Lipinski definition) is 8. The van der Waals surface area contributed by atoms with Crippen LogP contribution in [0.25, 0.3) is 0 Å². The highest BCUT2D eigenvalue weighted by Crippen LogP contribution is 2.35. The molecule has 0 aliphatic rings. The number of phosphoric ester groups is 1. The number of benzene rings is 1. The van der Waals surface area contributed by atoms with Gasteiger partial charge in [-0.3, -0.25) is 9.32 Å². The number of phosphoric acid groups is 1. The van der Waals surface area contributed by atoms with Crippen LogP contribution in [-0.2, 0) is 9.09 Å². The van der Waals surface area contributed by atoms with E-state index in [1.807, 2.05) is 0 Å². The van der Waals surface area contributed by atoms with E-state index < -0.39 is 44.6 Å². The molecule has 0 aromatic heterocycles. The SMILES string of the molecule is Nc1ccc(C(=O)[C@@H](O)[C@@H](O)[C@H](O)[C@H](O)COP(=O)(O)O)cc1. The van der Waals surface area contributed by atoms with Crippen LogP contribution in [0.3, 0.4) is 0 Å². The molecule has 130 valence electrons. The molecule has 0 saturated heterocycles. The number of nitrogen functional groups attached to an aromatic ring is 1. The summed E-state index contributed by atoms with van der Waals surface area (Å²) in [5, 5.41) is 38.6. The van der Waals surface area contributed by atoms with Crippen LogP contribution in [0.2, 0.25) is 0 Å². The molecule has 1 rings (SSSR count). The van der Waals surface area contributed by atoms with Gasteiger partial charge in [0.2, 0.25) is 0 Å². The first kappa shape index (κ1) is 19.7. The first-order valence-electron chi connectivity index (χ1n) is 6.35. The number of carbonyl (C=O) groups excluding carboxylic acids is 1. The predicted octanol–water partition coefficient (Wildman–Crippen LogP) is -2.00. The van der Waals surface area contributed by atoms with Gasteiger partial charge in [-0.1, -0.05) is 0 Å². The lowest BCUT2D eigenvalue weighted by molar-refractivity contribution is -0.105. The van der Waals surface area contributed by atoms with Gasteiger partial charge in [0, 0.05) is 11.3 Å². The van der Waals surface area contributed by atoms with Gasteiger partial charge in [0.15, 0.2) is 5.78 Å². The van der Waals surface area contributed by atoms with Crippen LogP contribution in [0, 0.1) is 0 Å². The molecule has 4 atom stereocenters. The fourth-order valence-corrected chi connectivity index (χ4v) is 2.01. The number of carbonyl (C=O) groups is 1. The summed E-state index contributed by atoms with van der Waals surface area (Å²) in [5.74, 6) is -0.931. The monoisotopic (exact) mass is 351 g/mol. The third kappa shape index (κ3) is 5.98. The Morgan fingerprint density at radius 2 is 1.61 bits per heavy atom. The summed E-state index contributed by atoms with van der Waals surface area (Å²) in [7, 11) is -4.88. The van der Waals surface area contributed by atoms with Crippen LogP contribution < -0.4 is 5.73 Å². The Labute approximate surface area is 131 Å². The molecule has 0 radical (unpaired) electrons. The van der Waals surface area contributed by atoms with Crippen molar-refractivity contribution in [3.63, 3.8) is 0 Å². The highest BCUT2D eigenvalue weighted by atomic mass is 31.2. The maximum absolute atomic E-state index is 11.9. The second kappa shape index (κ2) is 7.95. The summed E-state index contributed by atoms with van der Waals surface area (Å²) in [4.78, 5) is 28.9. The molecule has 0 amide bonds. The zero-order valence-corrected chi connectivity index (χ0v) is 12.7. The number of rotatable bonds is 8. The number of ketones is 1. The molecule has 1 aromatic rings. The average molecular weight is 351 g/mol. The van der Waals surface area contributed by atoms with Crippen molar-refractivity contribution < 1.29 is 44.1 Å². The smallest absolute Gasteiger partial charge is 0.399 e.